The molecule has 0 saturated carbocycles. The molecule has 0 amide bonds. The van der Waals surface area contributed by atoms with Crippen molar-refractivity contribution in [2.45, 2.75) is 38.6 Å². The van der Waals surface area contributed by atoms with E-state index < -0.39 is 0 Å². The molecule has 1 nitrogen and oxygen atoms in total. The first kappa shape index (κ1) is 8.49. The summed E-state index contributed by atoms with van der Waals surface area (Å²) in [6.07, 6.45) is 2.29. The van der Waals surface area contributed by atoms with E-state index in [4.69, 9.17) is 1.41 Å². The quantitative estimate of drug-likeness (QED) is 0.755. The van der Waals surface area contributed by atoms with Crippen LogP contribution in [0.25, 0.3) is 0 Å². The Morgan fingerprint density at radius 1 is 1.43 bits per heavy atom. The standard InChI is InChI=1S/C13H19N/c1-10(2)11-6-3-4-7-12(11)13-8-5-9-14-13/h3-4,6-7,10,13-14H,5,8-9H2,1-2H3/i/hD. The molecule has 1 aliphatic rings. The lowest BCUT2D eigenvalue weighted by Crippen LogP contribution is -2.14. The Hall–Kier alpha value is -0.820. The van der Waals surface area contributed by atoms with Crippen LogP contribution in [-0.4, -0.2) is 6.54 Å². The lowest BCUT2D eigenvalue weighted by atomic mass is 9.92. The van der Waals surface area contributed by atoms with Crippen molar-refractivity contribution in [1.82, 2.24) is 5.31 Å². The van der Waals surface area contributed by atoms with Crippen LogP contribution in [-0.2, 0) is 0 Å². The topological polar surface area (TPSA) is 12.0 Å². The van der Waals surface area contributed by atoms with Gasteiger partial charge in [-0.05, 0) is 36.4 Å². The van der Waals surface area contributed by atoms with Gasteiger partial charge in [-0.25, -0.2) is 0 Å². The third-order valence-electron chi connectivity index (χ3n) is 2.96. The van der Waals surface area contributed by atoms with E-state index in [1.54, 1.807) is 5.31 Å². The zero-order valence-electron chi connectivity index (χ0n) is 10.0. The summed E-state index contributed by atoms with van der Waals surface area (Å²) in [7, 11) is 0. The molecule has 0 bridgehead atoms. The third kappa shape index (κ3) is 1.83. The second-order valence-corrected chi connectivity index (χ2v) is 4.35. The molecule has 76 valence electrons. The maximum absolute atomic E-state index is 7.90. The van der Waals surface area contributed by atoms with Gasteiger partial charge in [-0.1, -0.05) is 38.1 Å². The van der Waals surface area contributed by atoms with Crippen molar-refractivity contribution in [3.63, 3.8) is 0 Å². The molecule has 1 heterocycles. The summed E-state index contributed by atoms with van der Waals surface area (Å²) < 4.78 is 7.90. The monoisotopic (exact) mass is 190 g/mol. The van der Waals surface area contributed by atoms with Crippen LogP contribution < -0.4 is 5.31 Å². The lowest BCUT2D eigenvalue weighted by Gasteiger charge is -2.17. The summed E-state index contributed by atoms with van der Waals surface area (Å²) in [4.78, 5) is 0. The average molecular weight is 190 g/mol. The SMILES string of the molecule is [2H]N1CCCC1c1ccccc1C(C)C. The highest BCUT2D eigenvalue weighted by molar-refractivity contribution is 5.32. The normalized spacial score (nSPS) is 24.2. The number of nitrogens with one attached hydrogen (secondary N) is 1. The number of benzene rings is 1. The van der Waals surface area contributed by atoms with Gasteiger partial charge in [0.2, 0.25) is 0 Å². The van der Waals surface area contributed by atoms with Gasteiger partial charge in [0.1, 0.15) is 1.41 Å². The molecule has 1 atom stereocenters. The van der Waals surface area contributed by atoms with Gasteiger partial charge in [-0.15, -0.1) is 0 Å². The Labute approximate surface area is 88.0 Å². The molecule has 1 saturated heterocycles. The van der Waals surface area contributed by atoms with E-state index in [0.29, 0.717) is 12.0 Å². The van der Waals surface area contributed by atoms with E-state index in [1.165, 1.54) is 11.1 Å². The Balaban J connectivity index is 2.34. The molecule has 1 aromatic rings. The summed E-state index contributed by atoms with van der Waals surface area (Å²) in [5.41, 5.74) is 2.77. The van der Waals surface area contributed by atoms with Crippen LogP contribution in [0.3, 0.4) is 0 Å². The van der Waals surface area contributed by atoms with E-state index in [9.17, 15) is 0 Å². The van der Waals surface area contributed by atoms with Gasteiger partial charge in [0.15, 0.2) is 0 Å². The fraction of sp³-hybridized carbons (Fsp3) is 0.538. The van der Waals surface area contributed by atoms with Crippen molar-refractivity contribution in [3.05, 3.63) is 35.4 Å². The van der Waals surface area contributed by atoms with Crippen molar-refractivity contribution in [1.29, 1.82) is 0 Å². The molecule has 1 heteroatoms. The van der Waals surface area contributed by atoms with Gasteiger partial charge in [-0.2, -0.15) is 0 Å². The molecule has 0 spiro atoms. The average Bonchev–Trinajstić information content (AvgIpc) is 2.64. The highest BCUT2D eigenvalue weighted by Crippen LogP contribution is 2.29. The van der Waals surface area contributed by atoms with Crippen LogP contribution in [0, 0.1) is 0 Å². The Morgan fingerprint density at radius 2 is 2.21 bits per heavy atom. The van der Waals surface area contributed by atoms with E-state index in [2.05, 4.69) is 38.1 Å². The highest BCUT2D eigenvalue weighted by atomic mass is 14.9. The first-order valence-electron chi connectivity index (χ1n) is 5.99. The van der Waals surface area contributed by atoms with Crippen LogP contribution in [0.1, 0.15) is 49.8 Å². The van der Waals surface area contributed by atoms with E-state index >= 15 is 0 Å². The Bertz CT molecular complexity index is 335. The molecule has 0 aromatic heterocycles. The second kappa shape index (κ2) is 4.14. The highest BCUT2D eigenvalue weighted by Gasteiger charge is 2.19. The fourth-order valence-electron chi connectivity index (χ4n) is 2.22. The minimum Gasteiger partial charge on any atom is -0.310 e. The van der Waals surface area contributed by atoms with Crippen molar-refractivity contribution in [2.75, 3.05) is 6.54 Å². The summed E-state index contributed by atoms with van der Waals surface area (Å²) in [5.74, 6) is 0.551. The molecule has 14 heavy (non-hydrogen) atoms. The predicted molar refractivity (Wildman–Crippen MR) is 60.5 cm³/mol. The van der Waals surface area contributed by atoms with Crippen molar-refractivity contribution in [3.8, 4) is 0 Å². The van der Waals surface area contributed by atoms with Gasteiger partial charge in [0.25, 0.3) is 0 Å². The summed E-state index contributed by atoms with van der Waals surface area (Å²) in [5, 5.41) is 1.74. The van der Waals surface area contributed by atoms with Gasteiger partial charge >= 0.3 is 0 Å². The maximum atomic E-state index is 7.90. The Morgan fingerprint density at radius 3 is 2.86 bits per heavy atom. The molecule has 1 fully saturated rings. The molecule has 1 aliphatic heterocycles. The van der Waals surface area contributed by atoms with Crippen LogP contribution in [0.4, 0.5) is 0 Å². The molecule has 2 rings (SSSR count). The van der Waals surface area contributed by atoms with Gasteiger partial charge in [0.05, 0.1) is 0 Å². The zero-order valence-corrected chi connectivity index (χ0v) is 9.03. The van der Waals surface area contributed by atoms with Crippen molar-refractivity contribution >= 4 is 0 Å². The number of hydrogen-bond donors (Lipinski definition) is 1. The molecule has 1 N–H and O–H groups in total. The van der Waals surface area contributed by atoms with Crippen molar-refractivity contribution < 1.29 is 1.41 Å². The van der Waals surface area contributed by atoms with Crippen LogP contribution in [0.15, 0.2) is 24.3 Å². The molecule has 1 aromatic carbocycles. The van der Waals surface area contributed by atoms with Gasteiger partial charge in [0, 0.05) is 6.04 Å². The minimum absolute atomic E-state index is 0.323. The second-order valence-electron chi connectivity index (χ2n) is 4.35. The fourth-order valence-corrected chi connectivity index (χ4v) is 2.22. The third-order valence-corrected chi connectivity index (χ3v) is 2.96. The smallest absolute Gasteiger partial charge is 0.123 e. The maximum Gasteiger partial charge on any atom is 0.123 e. The van der Waals surface area contributed by atoms with Gasteiger partial charge in [-0.3, -0.25) is 0 Å². The summed E-state index contributed by atoms with van der Waals surface area (Å²) in [6.45, 7) is 5.36. The van der Waals surface area contributed by atoms with Crippen LogP contribution >= 0.6 is 0 Å². The molecular formula is C13H19N. The van der Waals surface area contributed by atoms with E-state index in [1.807, 2.05) is 0 Å². The van der Waals surface area contributed by atoms with Crippen LogP contribution in [0.2, 0.25) is 1.41 Å². The summed E-state index contributed by atoms with van der Waals surface area (Å²) in [6, 6.07) is 8.90. The van der Waals surface area contributed by atoms with E-state index in [-0.39, 0.29) is 0 Å². The lowest BCUT2D eigenvalue weighted by molar-refractivity contribution is 0.633. The predicted octanol–water partition coefficient (Wildman–Crippen LogP) is 3.23. The van der Waals surface area contributed by atoms with Crippen LogP contribution in [0.5, 0.6) is 0 Å². The molecule has 0 aliphatic carbocycles. The van der Waals surface area contributed by atoms with Gasteiger partial charge < -0.3 is 5.31 Å². The largest absolute Gasteiger partial charge is 0.310 e. The molecule has 0 radical (unpaired) electrons. The number of rotatable bonds is 2. The molecular weight excluding hydrogens is 170 g/mol. The first-order valence-corrected chi connectivity index (χ1v) is 5.54. The summed E-state index contributed by atoms with van der Waals surface area (Å²) >= 11 is 0. The Kier molecular flexibility index (Phi) is 2.51. The first-order chi connectivity index (χ1) is 7.20. The minimum atomic E-state index is 0.323. The molecule has 1 unspecified atom stereocenters. The van der Waals surface area contributed by atoms with E-state index in [0.717, 1.165) is 19.4 Å². The zero-order chi connectivity index (χ0) is 10.8. The number of hydrogen-bond acceptors (Lipinski definition) is 1. The van der Waals surface area contributed by atoms with Crippen molar-refractivity contribution in [2.24, 2.45) is 0 Å².